The minimum atomic E-state index is -1.04. The summed E-state index contributed by atoms with van der Waals surface area (Å²) in [7, 11) is 0. The number of nitro groups is 1. The fraction of sp³-hybridized carbons (Fsp3) is 0.111. The molecule has 0 bridgehead atoms. The van der Waals surface area contributed by atoms with Gasteiger partial charge in [-0.3, -0.25) is 29.8 Å². The summed E-state index contributed by atoms with van der Waals surface area (Å²) in [5.74, 6) is -2.16. The zero-order valence-electron chi connectivity index (χ0n) is 20.7. The van der Waals surface area contributed by atoms with Crippen molar-refractivity contribution in [1.29, 1.82) is 0 Å². The molecule has 0 saturated carbocycles. The standard InChI is InChI=1S/C27H21BrN4O7/c1-15-6-7-16(2)22(10-15)29-24(33)14-39-23-9-8-18(28)11-17(23)12-21-25(34)30-27(36)31(26(21)35)19-4-3-5-20(13-19)32(37)38/h3-13H,14H2,1-2H3,(H,29,33)(H,30,34,36)/b21-12-. The molecule has 3 aromatic carbocycles. The normalized spacial score (nSPS) is 14.3. The second-order valence-corrected chi connectivity index (χ2v) is 9.49. The van der Waals surface area contributed by atoms with E-state index < -0.39 is 34.2 Å². The zero-order chi connectivity index (χ0) is 28.3. The van der Waals surface area contributed by atoms with Gasteiger partial charge in [0.25, 0.3) is 23.4 Å². The van der Waals surface area contributed by atoms with Crippen molar-refractivity contribution in [3.63, 3.8) is 0 Å². The van der Waals surface area contributed by atoms with E-state index >= 15 is 0 Å². The molecule has 5 amide bonds. The summed E-state index contributed by atoms with van der Waals surface area (Å²) >= 11 is 3.33. The predicted octanol–water partition coefficient (Wildman–Crippen LogP) is 4.66. The van der Waals surface area contributed by atoms with Crippen molar-refractivity contribution >= 4 is 62.8 Å². The number of rotatable bonds is 7. The molecule has 3 aromatic rings. The highest BCUT2D eigenvalue weighted by molar-refractivity contribution is 9.10. The molecular weight excluding hydrogens is 572 g/mol. The number of carbonyl (C=O) groups is 4. The Morgan fingerprint density at radius 1 is 1.10 bits per heavy atom. The fourth-order valence-corrected chi connectivity index (χ4v) is 4.14. The van der Waals surface area contributed by atoms with Crippen LogP contribution in [-0.2, 0) is 14.4 Å². The van der Waals surface area contributed by atoms with Crippen LogP contribution in [0.25, 0.3) is 6.08 Å². The summed E-state index contributed by atoms with van der Waals surface area (Å²) in [4.78, 5) is 62.0. The summed E-state index contributed by atoms with van der Waals surface area (Å²) in [6.07, 6.45) is 1.22. The molecule has 1 saturated heterocycles. The second-order valence-electron chi connectivity index (χ2n) is 8.57. The first-order chi connectivity index (χ1) is 18.5. The van der Waals surface area contributed by atoms with Gasteiger partial charge in [-0.25, -0.2) is 9.69 Å². The summed E-state index contributed by atoms with van der Waals surface area (Å²) in [6.45, 7) is 3.41. The lowest BCUT2D eigenvalue weighted by atomic mass is 10.1. The Balaban J connectivity index is 1.60. The predicted molar refractivity (Wildman–Crippen MR) is 146 cm³/mol. The number of anilines is 2. The number of nitrogens with one attached hydrogen (secondary N) is 2. The van der Waals surface area contributed by atoms with Gasteiger partial charge < -0.3 is 10.1 Å². The van der Waals surface area contributed by atoms with Crippen LogP contribution < -0.4 is 20.3 Å². The van der Waals surface area contributed by atoms with Crippen LogP contribution in [0.15, 0.2) is 70.7 Å². The maximum atomic E-state index is 13.2. The van der Waals surface area contributed by atoms with E-state index in [1.165, 1.54) is 24.3 Å². The van der Waals surface area contributed by atoms with Crippen molar-refractivity contribution in [3.8, 4) is 5.75 Å². The molecule has 1 heterocycles. The molecule has 11 nitrogen and oxygen atoms in total. The number of urea groups is 1. The Morgan fingerprint density at radius 3 is 2.62 bits per heavy atom. The Bertz CT molecular complexity index is 1570. The average molecular weight is 593 g/mol. The molecule has 198 valence electrons. The van der Waals surface area contributed by atoms with E-state index in [-0.39, 0.29) is 29.3 Å². The van der Waals surface area contributed by atoms with Crippen LogP contribution in [0.4, 0.5) is 21.9 Å². The summed E-state index contributed by atoms with van der Waals surface area (Å²) in [5.41, 5.74) is 1.95. The van der Waals surface area contributed by atoms with E-state index in [2.05, 4.69) is 26.6 Å². The van der Waals surface area contributed by atoms with Crippen LogP contribution in [0, 0.1) is 24.0 Å². The largest absolute Gasteiger partial charge is 0.483 e. The number of aryl methyl sites for hydroxylation is 2. The lowest BCUT2D eigenvalue weighted by molar-refractivity contribution is -0.384. The topological polar surface area (TPSA) is 148 Å². The van der Waals surface area contributed by atoms with Gasteiger partial charge in [-0.05, 0) is 61.4 Å². The molecule has 2 N–H and O–H groups in total. The first-order valence-electron chi connectivity index (χ1n) is 11.5. The molecule has 12 heteroatoms. The van der Waals surface area contributed by atoms with Crippen molar-refractivity contribution in [2.24, 2.45) is 0 Å². The number of carbonyl (C=O) groups excluding carboxylic acids is 4. The maximum Gasteiger partial charge on any atom is 0.335 e. The SMILES string of the molecule is Cc1ccc(C)c(NC(=O)COc2ccc(Br)cc2/C=C2/C(=O)NC(=O)N(c3cccc([N+](=O)[O-])c3)C2=O)c1. The van der Waals surface area contributed by atoms with Crippen LogP contribution in [0.5, 0.6) is 5.75 Å². The lowest BCUT2D eigenvalue weighted by Crippen LogP contribution is -2.54. The third kappa shape index (κ3) is 6.18. The van der Waals surface area contributed by atoms with Gasteiger partial charge in [-0.2, -0.15) is 0 Å². The molecule has 0 spiro atoms. The third-order valence-corrected chi connectivity index (χ3v) is 6.19. The Kier molecular flexibility index (Phi) is 7.86. The summed E-state index contributed by atoms with van der Waals surface area (Å²) in [6, 6.07) is 14.3. The Labute approximate surface area is 230 Å². The number of nitro benzene ring substituents is 1. The first-order valence-corrected chi connectivity index (χ1v) is 12.3. The van der Waals surface area contributed by atoms with Crippen LogP contribution in [-0.4, -0.2) is 35.3 Å². The maximum absolute atomic E-state index is 13.2. The van der Waals surface area contributed by atoms with Crippen LogP contribution >= 0.6 is 15.9 Å². The van der Waals surface area contributed by atoms with Crippen LogP contribution in [0.2, 0.25) is 0 Å². The Morgan fingerprint density at radius 2 is 1.87 bits per heavy atom. The number of hydrogen-bond donors (Lipinski definition) is 2. The first kappa shape index (κ1) is 27.2. The minimum absolute atomic E-state index is 0.0843. The molecule has 39 heavy (non-hydrogen) atoms. The van der Waals surface area contributed by atoms with Crippen LogP contribution in [0.1, 0.15) is 16.7 Å². The van der Waals surface area contributed by atoms with Crippen molar-refractivity contribution < 1.29 is 28.8 Å². The number of non-ortho nitro benzene ring substituents is 1. The molecule has 0 atom stereocenters. The number of imide groups is 2. The van der Waals surface area contributed by atoms with Crippen molar-refractivity contribution in [2.75, 3.05) is 16.8 Å². The highest BCUT2D eigenvalue weighted by atomic mass is 79.9. The van der Waals surface area contributed by atoms with E-state index in [4.69, 9.17) is 4.74 Å². The number of halogens is 1. The Hall–Kier alpha value is -4.84. The van der Waals surface area contributed by atoms with Crippen molar-refractivity contribution in [3.05, 3.63) is 97.5 Å². The number of benzene rings is 3. The van der Waals surface area contributed by atoms with Crippen molar-refractivity contribution in [2.45, 2.75) is 13.8 Å². The van der Waals surface area contributed by atoms with Gasteiger partial charge in [0.05, 0.1) is 10.6 Å². The zero-order valence-corrected chi connectivity index (χ0v) is 22.3. The monoisotopic (exact) mass is 592 g/mol. The lowest BCUT2D eigenvalue weighted by Gasteiger charge is -2.26. The molecular formula is C27H21BrN4O7. The van der Waals surface area contributed by atoms with E-state index in [0.717, 1.165) is 17.2 Å². The second kappa shape index (κ2) is 11.3. The van der Waals surface area contributed by atoms with Crippen LogP contribution in [0.3, 0.4) is 0 Å². The number of nitrogens with zero attached hydrogens (tertiary/aromatic N) is 2. The molecule has 0 radical (unpaired) electrons. The minimum Gasteiger partial charge on any atom is -0.483 e. The molecule has 0 unspecified atom stereocenters. The van der Waals surface area contributed by atoms with E-state index in [1.807, 2.05) is 32.0 Å². The van der Waals surface area contributed by atoms with Gasteiger partial charge in [0.1, 0.15) is 11.3 Å². The van der Waals surface area contributed by atoms with Gasteiger partial charge in [0.2, 0.25) is 0 Å². The molecule has 1 fully saturated rings. The van der Waals surface area contributed by atoms with E-state index in [0.29, 0.717) is 15.1 Å². The molecule has 1 aliphatic heterocycles. The van der Waals surface area contributed by atoms with Gasteiger partial charge in [0.15, 0.2) is 6.61 Å². The summed E-state index contributed by atoms with van der Waals surface area (Å²) < 4.78 is 6.30. The van der Waals surface area contributed by atoms with E-state index in [9.17, 15) is 29.3 Å². The number of hydrogen-bond acceptors (Lipinski definition) is 7. The van der Waals surface area contributed by atoms with Gasteiger partial charge >= 0.3 is 6.03 Å². The number of barbiturate groups is 1. The van der Waals surface area contributed by atoms with Gasteiger partial charge in [-0.1, -0.05) is 34.1 Å². The number of ether oxygens (including phenoxy) is 1. The van der Waals surface area contributed by atoms with E-state index in [1.54, 1.807) is 18.2 Å². The molecule has 0 aliphatic carbocycles. The molecule has 4 rings (SSSR count). The third-order valence-electron chi connectivity index (χ3n) is 5.70. The average Bonchev–Trinajstić information content (AvgIpc) is 2.88. The van der Waals surface area contributed by atoms with Crippen molar-refractivity contribution in [1.82, 2.24) is 5.32 Å². The highest BCUT2D eigenvalue weighted by Crippen LogP contribution is 2.29. The molecule has 0 aromatic heterocycles. The number of amides is 5. The highest BCUT2D eigenvalue weighted by Gasteiger charge is 2.37. The smallest absolute Gasteiger partial charge is 0.335 e. The fourth-order valence-electron chi connectivity index (χ4n) is 3.76. The quantitative estimate of drug-likeness (QED) is 0.175. The van der Waals surface area contributed by atoms with Gasteiger partial charge in [0, 0.05) is 27.9 Å². The van der Waals surface area contributed by atoms with Gasteiger partial charge in [-0.15, -0.1) is 0 Å². The summed E-state index contributed by atoms with van der Waals surface area (Å²) in [5, 5.41) is 16.0. The molecule has 1 aliphatic rings.